The van der Waals surface area contributed by atoms with Gasteiger partial charge in [-0.3, -0.25) is 9.59 Å². The molecule has 0 aromatic carbocycles. The summed E-state index contributed by atoms with van der Waals surface area (Å²) in [6, 6.07) is 0. The highest BCUT2D eigenvalue weighted by Gasteiger charge is 2.58. The van der Waals surface area contributed by atoms with E-state index in [-0.39, 0.29) is 28.9 Å². The molecule has 4 heteroatoms. The van der Waals surface area contributed by atoms with Crippen molar-refractivity contribution in [3.63, 3.8) is 0 Å². The summed E-state index contributed by atoms with van der Waals surface area (Å²) in [6.45, 7) is 11.1. The second-order valence-electron chi connectivity index (χ2n) is 9.41. The summed E-state index contributed by atoms with van der Waals surface area (Å²) in [5.41, 5.74) is 1.29. The number of fused-ring (bicyclic) bond motifs is 4. The van der Waals surface area contributed by atoms with E-state index in [9.17, 15) is 9.59 Å². The van der Waals surface area contributed by atoms with Crippen molar-refractivity contribution in [2.75, 3.05) is 6.61 Å². The Kier molecular flexibility index (Phi) is 5.24. The topological polar surface area (TPSA) is 52.6 Å². The number of hydrogen-bond donors (Lipinski definition) is 0. The molecule has 3 aliphatic rings. The van der Waals surface area contributed by atoms with Gasteiger partial charge in [-0.05, 0) is 68.3 Å². The van der Waals surface area contributed by atoms with E-state index in [1.807, 2.05) is 0 Å². The summed E-state index contributed by atoms with van der Waals surface area (Å²) in [6.07, 6.45) is 8.53. The minimum absolute atomic E-state index is 0.00500. The third-order valence-electron chi connectivity index (χ3n) is 7.57. The summed E-state index contributed by atoms with van der Waals surface area (Å²) in [4.78, 5) is 23.4. The van der Waals surface area contributed by atoms with E-state index < -0.39 is 0 Å². The van der Waals surface area contributed by atoms with Crippen LogP contribution in [0.4, 0.5) is 0 Å². The van der Waals surface area contributed by atoms with Gasteiger partial charge in [0.2, 0.25) is 0 Å². The molecule has 0 spiro atoms. The number of carbonyl (C=O) groups excluding carboxylic acids is 2. The molecule has 0 aromatic rings. The minimum Gasteiger partial charge on any atom is -0.466 e. The van der Waals surface area contributed by atoms with Crippen LogP contribution in [0.2, 0.25) is 0 Å². The van der Waals surface area contributed by atoms with E-state index in [1.165, 1.54) is 18.9 Å². The maximum atomic E-state index is 12.5. The Morgan fingerprint density at radius 1 is 1.35 bits per heavy atom. The lowest BCUT2D eigenvalue weighted by Gasteiger charge is -2.51. The number of rotatable bonds is 6. The van der Waals surface area contributed by atoms with E-state index in [2.05, 4.69) is 33.8 Å². The molecule has 2 aliphatic carbocycles. The average Bonchev–Trinajstić information content (AvgIpc) is 2.79. The second-order valence-corrected chi connectivity index (χ2v) is 9.41. The predicted octanol–water partition coefficient (Wildman–Crippen LogP) is 4.67. The highest BCUT2D eigenvalue weighted by molar-refractivity contribution is 5.81. The number of hydrogen-bond acceptors (Lipinski definition) is 4. The number of ether oxygens (including phenoxy) is 2. The average molecular weight is 363 g/mol. The van der Waals surface area contributed by atoms with E-state index in [4.69, 9.17) is 9.47 Å². The third-order valence-corrected chi connectivity index (χ3v) is 7.57. The molecule has 1 aliphatic heterocycles. The Balaban J connectivity index is 1.71. The predicted molar refractivity (Wildman–Crippen MR) is 100 cm³/mol. The van der Waals surface area contributed by atoms with Gasteiger partial charge < -0.3 is 9.47 Å². The van der Waals surface area contributed by atoms with Crippen LogP contribution >= 0.6 is 0 Å². The second kappa shape index (κ2) is 7.01. The van der Waals surface area contributed by atoms with Gasteiger partial charge in [-0.1, -0.05) is 26.3 Å². The normalized spacial score (nSPS) is 39.7. The standard InChI is InChI=1S/C22H34O4/c1-14(9-11-25-16(3)23)8-10-21(4)15(2)6-7-18-19(21)12-17-13-22(18,5)20(24)26-17/h12,14-15,17-18H,6-11,13H2,1-5H3/t14-,15+,17-,18+,21-,22-/m0/s1. The molecule has 2 bridgehead atoms. The Labute approximate surface area is 157 Å². The molecule has 0 unspecified atom stereocenters. The first-order valence-electron chi connectivity index (χ1n) is 10.2. The molecule has 0 N–H and O–H groups in total. The molecule has 3 rings (SSSR count). The van der Waals surface area contributed by atoms with Crippen molar-refractivity contribution in [3.8, 4) is 0 Å². The molecule has 0 aromatic heterocycles. The van der Waals surface area contributed by atoms with E-state index in [1.54, 1.807) is 0 Å². The van der Waals surface area contributed by atoms with Crippen molar-refractivity contribution in [2.45, 2.75) is 79.2 Å². The van der Waals surface area contributed by atoms with Crippen LogP contribution < -0.4 is 0 Å². The van der Waals surface area contributed by atoms with Crippen molar-refractivity contribution >= 4 is 11.9 Å². The van der Waals surface area contributed by atoms with Crippen LogP contribution in [0.25, 0.3) is 0 Å². The number of carbonyl (C=O) groups is 2. The molecule has 6 atom stereocenters. The Bertz CT molecular complexity index is 609. The maximum absolute atomic E-state index is 12.5. The van der Waals surface area contributed by atoms with Crippen LogP contribution in [0.3, 0.4) is 0 Å². The first-order chi connectivity index (χ1) is 12.2. The van der Waals surface area contributed by atoms with Crippen LogP contribution in [0, 0.1) is 28.6 Å². The third kappa shape index (κ3) is 3.32. The van der Waals surface area contributed by atoms with Crippen molar-refractivity contribution in [2.24, 2.45) is 28.6 Å². The van der Waals surface area contributed by atoms with Crippen molar-refractivity contribution in [3.05, 3.63) is 11.6 Å². The van der Waals surface area contributed by atoms with E-state index >= 15 is 0 Å². The Morgan fingerprint density at radius 3 is 2.77 bits per heavy atom. The molecule has 2 fully saturated rings. The highest BCUT2D eigenvalue weighted by Crippen LogP contribution is 2.60. The molecule has 0 radical (unpaired) electrons. The van der Waals surface area contributed by atoms with Crippen molar-refractivity contribution < 1.29 is 19.1 Å². The number of allylic oxidation sites excluding steroid dienone is 1. The first-order valence-corrected chi connectivity index (χ1v) is 10.2. The first kappa shape index (κ1) is 19.4. The fraction of sp³-hybridized carbons (Fsp3) is 0.818. The minimum atomic E-state index is -0.322. The molecule has 26 heavy (non-hydrogen) atoms. The molecule has 1 saturated carbocycles. The molecular weight excluding hydrogens is 328 g/mol. The van der Waals surface area contributed by atoms with Crippen LogP contribution in [-0.2, 0) is 19.1 Å². The summed E-state index contributed by atoms with van der Waals surface area (Å²) in [5, 5.41) is 0. The summed E-state index contributed by atoms with van der Waals surface area (Å²) in [5.74, 6) is 1.28. The summed E-state index contributed by atoms with van der Waals surface area (Å²) < 4.78 is 10.7. The van der Waals surface area contributed by atoms with Gasteiger partial charge in [-0.25, -0.2) is 0 Å². The van der Waals surface area contributed by atoms with Gasteiger partial charge >= 0.3 is 11.9 Å². The van der Waals surface area contributed by atoms with Crippen molar-refractivity contribution in [1.82, 2.24) is 0 Å². The smallest absolute Gasteiger partial charge is 0.313 e. The fourth-order valence-corrected chi connectivity index (χ4v) is 5.42. The SMILES string of the molecule is CC(=O)OCC[C@@H](C)CC[C@]1(C)C2=C[C@H]3C[C@](C)(C(=O)O3)[C@@H]2CC[C@H]1C. The maximum Gasteiger partial charge on any atom is 0.313 e. The van der Waals surface area contributed by atoms with Gasteiger partial charge in [0.25, 0.3) is 0 Å². The zero-order valence-corrected chi connectivity index (χ0v) is 17.0. The molecular formula is C22H34O4. The summed E-state index contributed by atoms with van der Waals surface area (Å²) in [7, 11) is 0. The van der Waals surface area contributed by atoms with Gasteiger partial charge in [0.15, 0.2) is 0 Å². The van der Waals surface area contributed by atoms with Gasteiger partial charge in [-0.15, -0.1) is 0 Å². The summed E-state index contributed by atoms with van der Waals surface area (Å²) >= 11 is 0. The van der Waals surface area contributed by atoms with E-state index in [0.29, 0.717) is 24.4 Å². The number of esters is 2. The zero-order valence-electron chi connectivity index (χ0n) is 17.0. The lowest BCUT2D eigenvalue weighted by atomic mass is 9.52. The van der Waals surface area contributed by atoms with Crippen LogP contribution in [0.15, 0.2) is 11.6 Å². The van der Waals surface area contributed by atoms with Gasteiger partial charge in [-0.2, -0.15) is 0 Å². The van der Waals surface area contributed by atoms with E-state index in [0.717, 1.165) is 32.1 Å². The highest BCUT2D eigenvalue weighted by atomic mass is 16.6. The monoisotopic (exact) mass is 362 g/mol. The van der Waals surface area contributed by atoms with Gasteiger partial charge in [0.1, 0.15) is 6.10 Å². The van der Waals surface area contributed by atoms with Crippen LogP contribution in [0.5, 0.6) is 0 Å². The van der Waals surface area contributed by atoms with Gasteiger partial charge in [0, 0.05) is 13.3 Å². The fourth-order valence-electron chi connectivity index (χ4n) is 5.42. The van der Waals surface area contributed by atoms with Crippen LogP contribution in [0.1, 0.15) is 73.1 Å². The largest absolute Gasteiger partial charge is 0.466 e. The molecule has 146 valence electrons. The lowest BCUT2D eigenvalue weighted by Crippen LogP contribution is -2.45. The quantitative estimate of drug-likeness (QED) is 0.509. The molecule has 4 nitrogen and oxygen atoms in total. The Morgan fingerprint density at radius 2 is 2.08 bits per heavy atom. The van der Waals surface area contributed by atoms with Gasteiger partial charge in [0.05, 0.1) is 12.0 Å². The molecule has 0 amide bonds. The zero-order chi connectivity index (χ0) is 19.1. The molecule has 1 heterocycles. The Hall–Kier alpha value is -1.32. The van der Waals surface area contributed by atoms with Crippen molar-refractivity contribution in [1.29, 1.82) is 0 Å². The molecule has 1 saturated heterocycles. The van der Waals surface area contributed by atoms with Crippen LogP contribution in [-0.4, -0.2) is 24.6 Å². The lowest BCUT2D eigenvalue weighted by molar-refractivity contribution is -0.148.